The van der Waals surface area contributed by atoms with Gasteiger partial charge in [-0.05, 0) is 31.0 Å². The molecule has 3 N–H and O–H groups in total. The van der Waals surface area contributed by atoms with Gasteiger partial charge in [0.25, 0.3) is 0 Å². The number of aromatic nitrogens is 1. The van der Waals surface area contributed by atoms with Crippen molar-refractivity contribution >= 4 is 21.8 Å². The van der Waals surface area contributed by atoms with E-state index >= 15 is 0 Å². The molecule has 4 nitrogen and oxygen atoms in total. The van der Waals surface area contributed by atoms with Gasteiger partial charge in [0, 0.05) is 28.9 Å². The Kier molecular flexibility index (Phi) is 5.07. The van der Waals surface area contributed by atoms with Crippen molar-refractivity contribution in [1.82, 2.24) is 10.3 Å². The lowest BCUT2D eigenvalue weighted by Crippen LogP contribution is -2.38. The molecule has 0 aliphatic rings. The molecule has 4 heteroatoms. The molecular formula is C20H26N2O2. The molecule has 0 bridgehead atoms. The molecule has 0 saturated heterocycles. The summed E-state index contributed by atoms with van der Waals surface area (Å²) < 4.78 is 5.93. The van der Waals surface area contributed by atoms with E-state index in [0.29, 0.717) is 18.5 Å². The Morgan fingerprint density at radius 1 is 1.04 bits per heavy atom. The van der Waals surface area contributed by atoms with Crippen LogP contribution >= 0.6 is 0 Å². The van der Waals surface area contributed by atoms with Crippen molar-refractivity contribution in [1.29, 1.82) is 0 Å². The maximum Gasteiger partial charge on any atom is 0.129 e. The lowest BCUT2D eigenvalue weighted by Gasteiger charge is -2.20. The maximum absolute atomic E-state index is 10.2. The Morgan fingerprint density at radius 3 is 2.58 bits per heavy atom. The smallest absolute Gasteiger partial charge is 0.129 e. The molecule has 0 fully saturated rings. The number of hydrogen-bond donors (Lipinski definition) is 3. The second kappa shape index (κ2) is 7.24. The number of rotatable bonds is 7. The van der Waals surface area contributed by atoms with Crippen LogP contribution in [0.15, 0.2) is 42.5 Å². The van der Waals surface area contributed by atoms with Gasteiger partial charge < -0.3 is 20.1 Å². The van der Waals surface area contributed by atoms with E-state index in [0.717, 1.165) is 27.6 Å². The fourth-order valence-corrected chi connectivity index (χ4v) is 2.79. The average molecular weight is 326 g/mol. The van der Waals surface area contributed by atoms with Gasteiger partial charge in [-0.15, -0.1) is 0 Å². The first kappa shape index (κ1) is 16.8. The summed E-state index contributed by atoms with van der Waals surface area (Å²) in [4.78, 5) is 3.40. The number of nitrogens with one attached hydrogen (secondary N) is 2. The highest BCUT2D eigenvalue weighted by Gasteiger charge is 2.13. The normalized spacial score (nSPS) is 14.4. The van der Waals surface area contributed by atoms with Crippen molar-refractivity contribution in [2.24, 2.45) is 5.92 Å². The number of aromatic amines is 1. The van der Waals surface area contributed by atoms with Gasteiger partial charge in [0.1, 0.15) is 18.5 Å². The first-order valence-corrected chi connectivity index (χ1v) is 8.60. The number of benzene rings is 2. The molecule has 3 aromatic rings. The van der Waals surface area contributed by atoms with Crippen LogP contribution < -0.4 is 10.1 Å². The van der Waals surface area contributed by atoms with Crippen LogP contribution in [0, 0.1) is 5.92 Å². The largest absolute Gasteiger partial charge is 0.490 e. The van der Waals surface area contributed by atoms with Crippen LogP contribution in [0.2, 0.25) is 0 Å². The molecule has 1 heterocycles. The number of ether oxygens (including phenoxy) is 1. The van der Waals surface area contributed by atoms with Crippen molar-refractivity contribution in [3.63, 3.8) is 0 Å². The van der Waals surface area contributed by atoms with Crippen molar-refractivity contribution in [3.05, 3.63) is 42.5 Å². The first-order valence-electron chi connectivity index (χ1n) is 8.60. The predicted molar refractivity (Wildman–Crippen MR) is 99.6 cm³/mol. The Balaban J connectivity index is 1.71. The van der Waals surface area contributed by atoms with Crippen LogP contribution in [0.1, 0.15) is 20.8 Å². The summed E-state index contributed by atoms with van der Waals surface area (Å²) in [6.07, 6.45) is -0.535. The molecular weight excluding hydrogens is 300 g/mol. The molecule has 0 spiro atoms. The average Bonchev–Trinajstić information content (AvgIpc) is 2.96. The van der Waals surface area contributed by atoms with Gasteiger partial charge in [-0.1, -0.05) is 38.1 Å². The van der Waals surface area contributed by atoms with E-state index in [2.05, 4.69) is 43.2 Å². The van der Waals surface area contributed by atoms with E-state index < -0.39 is 6.10 Å². The molecule has 0 aliphatic heterocycles. The highest BCUT2D eigenvalue weighted by atomic mass is 16.5. The summed E-state index contributed by atoms with van der Waals surface area (Å²) in [5.41, 5.74) is 2.14. The second-order valence-electron chi connectivity index (χ2n) is 6.76. The quantitative estimate of drug-likeness (QED) is 0.620. The Morgan fingerprint density at radius 2 is 1.79 bits per heavy atom. The predicted octanol–water partition coefficient (Wildman–Crippen LogP) is 3.69. The van der Waals surface area contributed by atoms with Crippen LogP contribution in [0.25, 0.3) is 21.8 Å². The Bertz CT molecular complexity index is 810. The highest BCUT2D eigenvalue weighted by Crippen LogP contribution is 2.32. The molecule has 3 rings (SSSR count). The molecule has 0 radical (unpaired) electrons. The third-order valence-corrected chi connectivity index (χ3v) is 4.60. The molecule has 2 atom stereocenters. The number of hydrogen-bond acceptors (Lipinski definition) is 3. The van der Waals surface area contributed by atoms with E-state index in [1.165, 1.54) is 0 Å². The maximum atomic E-state index is 10.2. The van der Waals surface area contributed by atoms with Gasteiger partial charge in [-0.25, -0.2) is 0 Å². The third-order valence-electron chi connectivity index (χ3n) is 4.60. The van der Waals surface area contributed by atoms with Crippen molar-refractivity contribution in [2.75, 3.05) is 13.2 Å². The summed E-state index contributed by atoms with van der Waals surface area (Å²) in [5, 5.41) is 15.7. The lowest BCUT2D eigenvalue weighted by atomic mass is 10.1. The molecule has 2 unspecified atom stereocenters. The number of H-pyrrole nitrogens is 1. The van der Waals surface area contributed by atoms with Crippen LogP contribution in [-0.2, 0) is 0 Å². The highest BCUT2D eigenvalue weighted by molar-refractivity contribution is 6.10. The van der Waals surface area contributed by atoms with Crippen molar-refractivity contribution in [2.45, 2.75) is 32.9 Å². The van der Waals surface area contributed by atoms with Gasteiger partial charge in [0.2, 0.25) is 0 Å². The van der Waals surface area contributed by atoms with Crippen molar-refractivity contribution in [3.8, 4) is 5.75 Å². The fourth-order valence-electron chi connectivity index (χ4n) is 2.79. The Labute approximate surface area is 142 Å². The van der Waals surface area contributed by atoms with E-state index in [1.54, 1.807) is 0 Å². The standard InChI is InChI=1S/C20H26N2O2/c1-13(2)14(3)21-11-15(23)12-24-19-10-6-9-18-20(19)16-7-4-5-8-17(16)22-18/h4-10,13-15,21-23H,11-12H2,1-3H3. The number of aliphatic hydroxyl groups excluding tert-OH is 1. The summed E-state index contributed by atoms with van der Waals surface area (Å²) in [5.74, 6) is 1.35. The SMILES string of the molecule is CC(C)C(C)NCC(O)COc1cccc2[nH]c3ccccc3c12. The van der Waals surface area contributed by atoms with Gasteiger partial charge >= 0.3 is 0 Å². The van der Waals surface area contributed by atoms with Crippen LogP contribution in [0.5, 0.6) is 5.75 Å². The first-order chi connectivity index (χ1) is 11.6. The fraction of sp³-hybridized carbons (Fsp3) is 0.400. The van der Waals surface area contributed by atoms with Gasteiger partial charge in [0.05, 0.1) is 5.52 Å². The zero-order valence-corrected chi connectivity index (χ0v) is 14.5. The van der Waals surface area contributed by atoms with E-state index in [-0.39, 0.29) is 6.61 Å². The number of aliphatic hydroxyl groups is 1. The minimum absolute atomic E-state index is 0.274. The van der Waals surface area contributed by atoms with Crippen LogP contribution in [-0.4, -0.2) is 35.4 Å². The van der Waals surface area contributed by atoms with E-state index in [9.17, 15) is 5.11 Å². The van der Waals surface area contributed by atoms with Crippen LogP contribution in [0.3, 0.4) is 0 Å². The van der Waals surface area contributed by atoms with Crippen molar-refractivity contribution < 1.29 is 9.84 Å². The monoisotopic (exact) mass is 326 g/mol. The minimum Gasteiger partial charge on any atom is -0.490 e. The van der Waals surface area contributed by atoms with E-state index in [4.69, 9.17) is 4.74 Å². The zero-order chi connectivity index (χ0) is 17.1. The topological polar surface area (TPSA) is 57.3 Å². The lowest BCUT2D eigenvalue weighted by molar-refractivity contribution is 0.103. The number of para-hydroxylation sites is 1. The van der Waals surface area contributed by atoms with Gasteiger partial charge in [0.15, 0.2) is 0 Å². The second-order valence-corrected chi connectivity index (χ2v) is 6.76. The molecule has 2 aromatic carbocycles. The third kappa shape index (κ3) is 3.55. The Hall–Kier alpha value is -2.04. The summed E-state index contributed by atoms with van der Waals surface area (Å²) in [6, 6.07) is 14.5. The van der Waals surface area contributed by atoms with Crippen LogP contribution in [0.4, 0.5) is 0 Å². The molecule has 24 heavy (non-hydrogen) atoms. The molecule has 1 aromatic heterocycles. The van der Waals surface area contributed by atoms with Gasteiger partial charge in [-0.2, -0.15) is 0 Å². The molecule has 0 saturated carbocycles. The minimum atomic E-state index is -0.535. The summed E-state index contributed by atoms with van der Waals surface area (Å²) in [7, 11) is 0. The molecule has 0 amide bonds. The van der Waals surface area contributed by atoms with Gasteiger partial charge in [-0.3, -0.25) is 0 Å². The zero-order valence-electron chi connectivity index (χ0n) is 14.5. The molecule has 128 valence electrons. The van der Waals surface area contributed by atoms with E-state index in [1.807, 2.05) is 30.3 Å². The summed E-state index contributed by atoms with van der Waals surface area (Å²) >= 11 is 0. The summed E-state index contributed by atoms with van der Waals surface area (Å²) in [6.45, 7) is 7.26. The number of fused-ring (bicyclic) bond motifs is 3. The molecule has 0 aliphatic carbocycles.